The number of halogens is 3. The molecule has 0 bridgehead atoms. The number of hydrogen-bond acceptors (Lipinski definition) is 2. The van der Waals surface area contributed by atoms with E-state index in [-0.39, 0.29) is 11.7 Å². The number of likely N-dealkylation sites (tertiary alicyclic amines) is 1. The molecule has 0 radical (unpaired) electrons. The second-order valence-electron chi connectivity index (χ2n) is 6.76. The van der Waals surface area contributed by atoms with Crippen molar-refractivity contribution in [1.29, 1.82) is 0 Å². The van der Waals surface area contributed by atoms with E-state index in [2.05, 4.69) is 11.8 Å². The molecule has 2 nitrogen and oxygen atoms in total. The zero-order chi connectivity index (χ0) is 20.1. The molecule has 146 valence electrons. The van der Waals surface area contributed by atoms with E-state index in [0.29, 0.717) is 30.6 Å². The average molecular weight is 385 g/mol. The topological polar surface area (TPSA) is 23.5 Å². The minimum atomic E-state index is -4.47. The second kappa shape index (κ2) is 8.53. The van der Waals surface area contributed by atoms with E-state index < -0.39 is 11.7 Å². The van der Waals surface area contributed by atoms with E-state index in [0.717, 1.165) is 18.2 Å². The Kier molecular flexibility index (Phi) is 6.11. The van der Waals surface area contributed by atoms with Crippen LogP contribution < -0.4 is 0 Å². The van der Waals surface area contributed by atoms with Crippen molar-refractivity contribution in [2.75, 3.05) is 13.1 Å². The van der Waals surface area contributed by atoms with E-state index in [4.69, 9.17) is 0 Å². The van der Waals surface area contributed by atoms with Crippen molar-refractivity contribution in [3.05, 3.63) is 71.4 Å². The lowest BCUT2D eigenvalue weighted by atomic mass is 9.97. The molecule has 0 saturated carbocycles. The maximum atomic E-state index is 13.6. The van der Waals surface area contributed by atoms with Gasteiger partial charge in [0.05, 0.1) is 17.4 Å². The highest BCUT2D eigenvalue weighted by Gasteiger charge is 2.33. The first-order valence-electron chi connectivity index (χ1n) is 9.30. The molecule has 0 aliphatic carbocycles. The quantitative estimate of drug-likeness (QED) is 0.745. The fraction of sp³-hybridized carbons (Fsp3) is 0.304. The van der Waals surface area contributed by atoms with Gasteiger partial charge in [-0.3, -0.25) is 0 Å². The number of aliphatic hydroxyl groups excluding tert-OH is 1. The van der Waals surface area contributed by atoms with Crippen LogP contribution in [0.25, 0.3) is 11.1 Å². The lowest BCUT2D eigenvalue weighted by Gasteiger charge is -2.17. The summed E-state index contributed by atoms with van der Waals surface area (Å²) in [5.74, 6) is 5.87. The van der Waals surface area contributed by atoms with Crippen molar-refractivity contribution < 1.29 is 18.3 Å². The molecule has 0 aromatic heterocycles. The molecule has 1 fully saturated rings. The summed E-state index contributed by atoms with van der Waals surface area (Å²) in [6.45, 7) is 3.17. The highest BCUT2D eigenvalue weighted by atomic mass is 19.4. The Hall–Kier alpha value is -2.71. The summed E-state index contributed by atoms with van der Waals surface area (Å²) >= 11 is 0. The van der Waals surface area contributed by atoms with Crippen LogP contribution in [0, 0.1) is 11.8 Å². The highest BCUT2D eigenvalue weighted by molar-refractivity contribution is 5.69. The van der Waals surface area contributed by atoms with Crippen molar-refractivity contribution in [2.45, 2.75) is 32.0 Å². The zero-order valence-corrected chi connectivity index (χ0v) is 15.6. The standard InChI is InChI=1S/C23H22F3NO/c1-2-6-19(27-14-13-20(28)16-27)11-9-17-10-12-21(18-7-4-3-5-8-18)22(15-17)23(24,25)26/h3-8,10,12,15,20,28H,2,13-14,16H2,1H3/b19-6+. The number of aliphatic hydroxyl groups is 1. The van der Waals surface area contributed by atoms with Crippen molar-refractivity contribution in [3.8, 4) is 23.0 Å². The van der Waals surface area contributed by atoms with Gasteiger partial charge in [-0.2, -0.15) is 13.2 Å². The van der Waals surface area contributed by atoms with Gasteiger partial charge >= 0.3 is 6.18 Å². The van der Waals surface area contributed by atoms with Crippen LogP contribution in [0.15, 0.2) is 60.3 Å². The molecule has 0 spiro atoms. The Labute approximate surface area is 163 Å². The van der Waals surface area contributed by atoms with E-state index in [1.807, 2.05) is 17.9 Å². The zero-order valence-electron chi connectivity index (χ0n) is 15.6. The molecule has 1 saturated heterocycles. The smallest absolute Gasteiger partial charge is 0.391 e. The summed E-state index contributed by atoms with van der Waals surface area (Å²) in [5, 5.41) is 9.72. The Morgan fingerprint density at radius 1 is 1.21 bits per heavy atom. The molecule has 28 heavy (non-hydrogen) atoms. The van der Waals surface area contributed by atoms with Gasteiger partial charge in [-0.05, 0) is 42.0 Å². The first-order valence-corrected chi connectivity index (χ1v) is 9.30. The molecule has 1 atom stereocenters. The first-order chi connectivity index (χ1) is 13.4. The normalized spacial score (nSPS) is 17.4. The maximum Gasteiger partial charge on any atom is 0.417 e. The lowest BCUT2D eigenvalue weighted by Crippen LogP contribution is -2.20. The third-order valence-electron chi connectivity index (χ3n) is 4.65. The van der Waals surface area contributed by atoms with Crippen LogP contribution in [0.2, 0.25) is 0 Å². The Morgan fingerprint density at radius 3 is 2.57 bits per heavy atom. The Bertz CT molecular complexity index is 907. The maximum absolute atomic E-state index is 13.6. The second-order valence-corrected chi connectivity index (χ2v) is 6.76. The van der Waals surface area contributed by atoms with Crippen LogP contribution in [-0.2, 0) is 6.18 Å². The van der Waals surface area contributed by atoms with Gasteiger partial charge in [-0.15, -0.1) is 0 Å². The largest absolute Gasteiger partial charge is 0.417 e. The molecule has 0 amide bonds. The van der Waals surface area contributed by atoms with Crippen molar-refractivity contribution in [1.82, 2.24) is 4.90 Å². The molecule has 1 aliphatic rings. The monoisotopic (exact) mass is 385 g/mol. The summed E-state index contributed by atoms with van der Waals surface area (Å²) < 4.78 is 40.9. The molecule has 1 aliphatic heterocycles. The molecule has 1 heterocycles. The Balaban J connectivity index is 1.96. The van der Waals surface area contributed by atoms with Crippen LogP contribution in [0.1, 0.15) is 30.9 Å². The van der Waals surface area contributed by atoms with Crippen LogP contribution in [0.5, 0.6) is 0 Å². The van der Waals surface area contributed by atoms with Crippen molar-refractivity contribution >= 4 is 0 Å². The first kappa shape index (κ1) is 20.0. The minimum absolute atomic E-state index is 0.144. The molecule has 2 aromatic rings. The number of allylic oxidation sites excluding steroid dienone is 2. The molecule has 1 unspecified atom stereocenters. The molecule has 5 heteroatoms. The highest BCUT2D eigenvalue weighted by Crippen LogP contribution is 2.37. The lowest BCUT2D eigenvalue weighted by molar-refractivity contribution is -0.137. The van der Waals surface area contributed by atoms with E-state index in [1.54, 1.807) is 36.4 Å². The summed E-state index contributed by atoms with van der Waals surface area (Å²) in [7, 11) is 0. The third kappa shape index (κ3) is 4.76. The number of hydrogen-bond donors (Lipinski definition) is 1. The van der Waals surface area contributed by atoms with Crippen LogP contribution in [0.4, 0.5) is 13.2 Å². The van der Waals surface area contributed by atoms with Crippen molar-refractivity contribution in [3.63, 3.8) is 0 Å². The number of β-amino-alcohol motifs (C(OH)–C–C–N with tert-alkyl or cyclic N) is 1. The summed E-state index contributed by atoms with van der Waals surface area (Å²) in [5.41, 5.74) is 1.04. The van der Waals surface area contributed by atoms with Crippen LogP contribution in [-0.4, -0.2) is 29.2 Å². The number of rotatable bonds is 3. The number of alkyl halides is 3. The summed E-state index contributed by atoms with van der Waals surface area (Å²) in [6, 6.07) is 12.7. The Morgan fingerprint density at radius 2 is 1.96 bits per heavy atom. The summed E-state index contributed by atoms with van der Waals surface area (Å²) in [4.78, 5) is 1.98. The molecular formula is C23H22F3NO. The van der Waals surface area contributed by atoms with Gasteiger partial charge in [0.25, 0.3) is 0 Å². The van der Waals surface area contributed by atoms with E-state index >= 15 is 0 Å². The molecule has 2 aromatic carbocycles. The fourth-order valence-electron chi connectivity index (χ4n) is 3.28. The van der Waals surface area contributed by atoms with Gasteiger partial charge in [0.15, 0.2) is 0 Å². The average Bonchev–Trinajstić information content (AvgIpc) is 3.11. The predicted molar refractivity (Wildman–Crippen MR) is 104 cm³/mol. The van der Waals surface area contributed by atoms with Crippen LogP contribution in [0.3, 0.4) is 0 Å². The minimum Gasteiger partial charge on any atom is -0.391 e. The molecular weight excluding hydrogens is 363 g/mol. The third-order valence-corrected chi connectivity index (χ3v) is 4.65. The van der Waals surface area contributed by atoms with Gasteiger partial charge in [-0.1, -0.05) is 55.3 Å². The van der Waals surface area contributed by atoms with Gasteiger partial charge in [0.1, 0.15) is 0 Å². The number of benzene rings is 2. The molecule has 3 rings (SSSR count). The number of nitrogens with zero attached hydrogens (tertiary/aromatic N) is 1. The van der Waals surface area contributed by atoms with E-state index in [1.165, 1.54) is 6.07 Å². The van der Waals surface area contributed by atoms with Crippen LogP contribution >= 0.6 is 0 Å². The van der Waals surface area contributed by atoms with Gasteiger partial charge in [-0.25, -0.2) is 0 Å². The van der Waals surface area contributed by atoms with Crippen molar-refractivity contribution in [2.24, 2.45) is 0 Å². The summed E-state index contributed by atoms with van der Waals surface area (Å²) in [6.07, 6.45) is -1.48. The van der Waals surface area contributed by atoms with E-state index in [9.17, 15) is 18.3 Å². The molecule has 1 N–H and O–H groups in total. The van der Waals surface area contributed by atoms with Gasteiger partial charge in [0.2, 0.25) is 0 Å². The van der Waals surface area contributed by atoms with Gasteiger partial charge < -0.3 is 10.0 Å². The van der Waals surface area contributed by atoms with Gasteiger partial charge in [0, 0.05) is 18.7 Å². The SMILES string of the molecule is CC/C=C(\C#Cc1ccc(-c2ccccc2)c(C(F)(F)F)c1)N1CCC(O)C1. The predicted octanol–water partition coefficient (Wildman–Crippen LogP) is 5.08. The fourth-order valence-corrected chi connectivity index (χ4v) is 3.28.